The lowest BCUT2D eigenvalue weighted by Gasteiger charge is -2.33. The van der Waals surface area contributed by atoms with Crippen LogP contribution in [-0.4, -0.2) is 46.4 Å². The van der Waals surface area contributed by atoms with E-state index >= 15 is 0 Å². The quantitative estimate of drug-likeness (QED) is 0.674. The van der Waals surface area contributed by atoms with Gasteiger partial charge >= 0.3 is 7.12 Å². The largest absolute Gasteiger partial charge is 0.488 e. The van der Waals surface area contributed by atoms with Gasteiger partial charge in [-0.25, -0.2) is 0 Å². The highest BCUT2D eigenvalue weighted by molar-refractivity contribution is 6.58. The predicted molar refractivity (Wildman–Crippen MR) is 76.0 cm³/mol. The molecule has 0 radical (unpaired) electrons. The summed E-state index contributed by atoms with van der Waals surface area (Å²) in [6, 6.07) is 7.90. The van der Waals surface area contributed by atoms with Crippen LogP contribution in [0.4, 0.5) is 0 Å². The average Bonchev–Trinajstić information content (AvgIpc) is 2.40. The van der Waals surface area contributed by atoms with Gasteiger partial charge in [-0.3, -0.25) is 4.90 Å². The lowest BCUT2D eigenvalue weighted by molar-refractivity contribution is 0.0818. The van der Waals surface area contributed by atoms with Gasteiger partial charge in [0.1, 0.15) is 0 Å². The Kier molecular flexibility index (Phi) is 4.99. The van der Waals surface area contributed by atoms with E-state index in [1.807, 2.05) is 12.1 Å². The molecule has 1 aromatic rings. The molecule has 1 aliphatic rings. The minimum Gasteiger partial charge on any atom is -0.423 e. The molecule has 1 saturated carbocycles. The van der Waals surface area contributed by atoms with E-state index in [9.17, 15) is 5.11 Å². The predicted octanol–water partition coefficient (Wildman–Crippen LogP) is 0.102. The fourth-order valence-electron chi connectivity index (χ4n) is 2.71. The second kappa shape index (κ2) is 6.52. The fraction of sp³-hybridized carbons (Fsp3) is 0.571. The number of hydrogen-bond donors (Lipinski definition) is 3. The van der Waals surface area contributed by atoms with Crippen molar-refractivity contribution in [1.29, 1.82) is 0 Å². The van der Waals surface area contributed by atoms with Gasteiger partial charge in [-0.2, -0.15) is 0 Å². The van der Waals surface area contributed by atoms with Crippen molar-refractivity contribution in [2.45, 2.75) is 44.4 Å². The van der Waals surface area contributed by atoms with E-state index in [1.165, 1.54) is 0 Å². The Labute approximate surface area is 114 Å². The molecule has 1 fully saturated rings. The third-order valence-electron chi connectivity index (χ3n) is 4.00. The first-order chi connectivity index (χ1) is 9.06. The minimum atomic E-state index is -1.40. The first-order valence-electron chi connectivity index (χ1n) is 6.89. The maximum atomic E-state index is 9.52. The molecule has 5 heteroatoms. The van der Waals surface area contributed by atoms with Gasteiger partial charge in [-0.1, -0.05) is 24.3 Å². The van der Waals surface area contributed by atoms with Crippen LogP contribution in [0.15, 0.2) is 24.3 Å². The van der Waals surface area contributed by atoms with Crippen LogP contribution in [0.5, 0.6) is 0 Å². The Morgan fingerprint density at radius 3 is 2.21 bits per heavy atom. The zero-order chi connectivity index (χ0) is 13.8. The number of rotatable bonds is 4. The summed E-state index contributed by atoms with van der Waals surface area (Å²) in [5.74, 6) is 0. The maximum Gasteiger partial charge on any atom is 0.488 e. The van der Waals surface area contributed by atoms with E-state index in [1.54, 1.807) is 12.1 Å². The highest BCUT2D eigenvalue weighted by Gasteiger charge is 2.22. The number of aliphatic hydroxyl groups is 1. The summed E-state index contributed by atoms with van der Waals surface area (Å²) < 4.78 is 0. The van der Waals surface area contributed by atoms with Gasteiger partial charge in [-0.15, -0.1) is 0 Å². The van der Waals surface area contributed by atoms with E-state index in [4.69, 9.17) is 10.0 Å². The normalized spacial score (nSPS) is 23.6. The zero-order valence-electron chi connectivity index (χ0n) is 11.4. The van der Waals surface area contributed by atoms with Gasteiger partial charge in [0.15, 0.2) is 0 Å². The molecule has 1 aromatic carbocycles. The monoisotopic (exact) mass is 263 g/mol. The van der Waals surface area contributed by atoms with E-state index in [0.717, 1.165) is 37.8 Å². The first kappa shape index (κ1) is 14.5. The molecule has 19 heavy (non-hydrogen) atoms. The third kappa shape index (κ3) is 4.04. The molecule has 4 nitrogen and oxygen atoms in total. The molecule has 0 unspecified atom stereocenters. The van der Waals surface area contributed by atoms with Crippen molar-refractivity contribution in [3.05, 3.63) is 29.8 Å². The molecule has 0 heterocycles. The topological polar surface area (TPSA) is 63.9 Å². The van der Waals surface area contributed by atoms with Crippen LogP contribution >= 0.6 is 0 Å². The van der Waals surface area contributed by atoms with Crippen LogP contribution in [0.2, 0.25) is 0 Å². The highest BCUT2D eigenvalue weighted by Crippen LogP contribution is 2.23. The molecule has 2 rings (SSSR count). The van der Waals surface area contributed by atoms with E-state index in [-0.39, 0.29) is 6.10 Å². The summed E-state index contributed by atoms with van der Waals surface area (Å²) in [4.78, 5) is 2.32. The maximum absolute atomic E-state index is 9.52. The Hall–Kier alpha value is -0.875. The van der Waals surface area contributed by atoms with Crippen molar-refractivity contribution in [3.8, 4) is 0 Å². The summed E-state index contributed by atoms with van der Waals surface area (Å²) in [5.41, 5.74) is 1.69. The summed E-state index contributed by atoms with van der Waals surface area (Å²) in [6.45, 7) is 0.850. The van der Waals surface area contributed by atoms with Gasteiger partial charge in [0.2, 0.25) is 0 Å². The lowest BCUT2D eigenvalue weighted by atomic mass is 9.80. The van der Waals surface area contributed by atoms with Crippen LogP contribution in [-0.2, 0) is 6.54 Å². The van der Waals surface area contributed by atoms with Crippen molar-refractivity contribution in [1.82, 2.24) is 4.90 Å². The highest BCUT2D eigenvalue weighted by atomic mass is 16.4. The molecular formula is C14H22BNO3. The van der Waals surface area contributed by atoms with Crippen LogP contribution in [0.3, 0.4) is 0 Å². The average molecular weight is 263 g/mol. The number of benzene rings is 1. The van der Waals surface area contributed by atoms with Crippen LogP contribution in [0.1, 0.15) is 31.2 Å². The van der Waals surface area contributed by atoms with E-state index in [2.05, 4.69) is 11.9 Å². The molecule has 0 atom stereocenters. The van der Waals surface area contributed by atoms with E-state index < -0.39 is 7.12 Å². The van der Waals surface area contributed by atoms with Crippen molar-refractivity contribution in [3.63, 3.8) is 0 Å². The molecule has 0 spiro atoms. The van der Waals surface area contributed by atoms with Gasteiger partial charge in [-0.05, 0) is 43.8 Å². The van der Waals surface area contributed by atoms with Crippen molar-refractivity contribution in [2.24, 2.45) is 0 Å². The van der Waals surface area contributed by atoms with Gasteiger partial charge < -0.3 is 15.2 Å². The SMILES string of the molecule is CN(Cc1ccc(B(O)O)cc1)C1CCC(O)CC1. The molecule has 0 aromatic heterocycles. The van der Waals surface area contributed by atoms with Crippen molar-refractivity contribution < 1.29 is 15.2 Å². The Bertz CT molecular complexity index is 388. The second-order valence-electron chi connectivity index (χ2n) is 5.49. The van der Waals surface area contributed by atoms with Crippen molar-refractivity contribution in [2.75, 3.05) is 7.05 Å². The Balaban J connectivity index is 1.89. The van der Waals surface area contributed by atoms with Gasteiger partial charge in [0.25, 0.3) is 0 Å². The standard InChI is InChI=1S/C14H22BNO3/c1-16(13-6-8-14(17)9-7-13)10-11-2-4-12(5-3-11)15(18)19/h2-5,13-14,17-19H,6-10H2,1H3. The molecule has 3 N–H and O–H groups in total. The number of hydrogen-bond acceptors (Lipinski definition) is 4. The Morgan fingerprint density at radius 2 is 1.68 bits per heavy atom. The summed E-state index contributed by atoms with van der Waals surface area (Å²) in [7, 11) is 0.712. The lowest BCUT2D eigenvalue weighted by Crippen LogP contribution is -2.36. The fourth-order valence-corrected chi connectivity index (χ4v) is 2.71. The zero-order valence-corrected chi connectivity index (χ0v) is 11.4. The smallest absolute Gasteiger partial charge is 0.423 e. The van der Waals surface area contributed by atoms with E-state index in [0.29, 0.717) is 11.5 Å². The van der Waals surface area contributed by atoms with Crippen LogP contribution in [0.25, 0.3) is 0 Å². The molecule has 104 valence electrons. The number of aliphatic hydroxyl groups excluding tert-OH is 1. The Morgan fingerprint density at radius 1 is 1.11 bits per heavy atom. The van der Waals surface area contributed by atoms with Crippen LogP contribution < -0.4 is 5.46 Å². The molecule has 0 bridgehead atoms. The molecule has 0 aliphatic heterocycles. The second-order valence-corrected chi connectivity index (χ2v) is 5.49. The first-order valence-corrected chi connectivity index (χ1v) is 6.89. The molecule has 0 amide bonds. The minimum absolute atomic E-state index is 0.116. The third-order valence-corrected chi connectivity index (χ3v) is 4.00. The summed E-state index contributed by atoms with van der Waals surface area (Å²) >= 11 is 0. The number of nitrogens with zero attached hydrogens (tertiary/aromatic N) is 1. The molecule has 1 aliphatic carbocycles. The molecule has 0 saturated heterocycles. The summed E-state index contributed by atoms with van der Waals surface area (Å²) in [6.07, 6.45) is 3.76. The van der Waals surface area contributed by atoms with Gasteiger partial charge in [0.05, 0.1) is 6.10 Å². The summed E-state index contributed by atoms with van der Waals surface area (Å²) in [5, 5.41) is 27.6. The van der Waals surface area contributed by atoms with Gasteiger partial charge in [0, 0.05) is 12.6 Å². The van der Waals surface area contributed by atoms with Crippen LogP contribution in [0, 0.1) is 0 Å². The van der Waals surface area contributed by atoms with Crippen molar-refractivity contribution >= 4 is 12.6 Å². The molecular weight excluding hydrogens is 241 g/mol.